The van der Waals surface area contributed by atoms with Crippen LogP contribution in [0.5, 0.6) is 5.75 Å². The Bertz CT molecular complexity index is 984. The molecule has 0 bridgehead atoms. The third-order valence-corrected chi connectivity index (χ3v) is 4.54. The lowest BCUT2D eigenvalue weighted by Gasteiger charge is -2.24. The molecule has 4 nitrogen and oxygen atoms in total. The van der Waals surface area contributed by atoms with Crippen molar-refractivity contribution >= 4 is 22.8 Å². The monoisotopic (exact) mass is 319 g/mol. The second-order valence-corrected chi connectivity index (χ2v) is 6.23. The van der Waals surface area contributed by atoms with Crippen LogP contribution in [0.25, 0.3) is 10.9 Å². The minimum atomic E-state index is -0.263. The fraction of sp³-hybridized carbons (Fsp3) is 0.200. The first kappa shape index (κ1) is 14.7. The van der Waals surface area contributed by atoms with Gasteiger partial charge in [-0.15, -0.1) is 0 Å². The van der Waals surface area contributed by atoms with Crippen molar-refractivity contribution in [2.45, 2.75) is 26.2 Å². The van der Waals surface area contributed by atoms with Gasteiger partial charge in [-0.25, -0.2) is 0 Å². The molecule has 0 N–H and O–H groups in total. The maximum Gasteiger partial charge on any atom is 0.312 e. The summed E-state index contributed by atoms with van der Waals surface area (Å²) in [6.45, 7) is 3.56. The third kappa shape index (κ3) is 2.14. The first-order chi connectivity index (χ1) is 11.6. The fourth-order valence-electron chi connectivity index (χ4n) is 3.57. The van der Waals surface area contributed by atoms with E-state index in [4.69, 9.17) is 4.74 Å². The normalized spacial score (nSPS) is 16.8. The highest BCUT2D eigenvalue weighted by molar-refractivity contribution is 6.00. The molecule has 2 heterocycles. The van der Waals surface area contributed by atoms with Crippen molar-refractivity contribution in [3.63, 3.8) is 0 Å². The van der Waals surface area contributed by atoms with Crippen LogP contribution in [0, 0.1) is 6.92 Å². The van der Waals surface area contributed by atoms with Gasteiger partial charge in [0.15, 0.2) is 5.75 Å². The molecule has 24 heavy (non-hydrogen) atoms. The van der Waals surface area contributed by atoms with E-state index < -0.39 is 0 Å². The maximum absolute atomic E-state index is 12.3. The second kappa shape index (κ2) is 5.34. The summed E-state index contributed by atoms with van der Waals surface area (Å²) >= 11 is 0. The lowest BCUT2D eigenvalue weighted by Crippen LogP contribution is -2.24. The zero-order chi connectivity index (χ0) is 16.8. The summed E-state index contributed by atoms with van der Waals surface area (Å²) in [7, 11) is 0. The lowest BCUT2D eigenvalue weighted by molar-refractivity contribution is -0.135. The van der Waals surface area contributed by atoms with E-state index >= 15 is 0 Å². The minimum absolute atomic E-state index is 0.0805. The van der Waals surface area contributed by atoms with Crippen molar-refractivity contribution in [3.8, 4) is 5.75 Å². The first-order valence-electron chi connectivity index (χ1n) is 7.98. The predicted octanol–water partition coefficient (Wildman–Crippen LogP) is 4.05. The molecule has 0 aliphatic carbocycles. The van der Waals surface area contributed by atoms with Gasteiger partial charge in [0.05, 0.1) is 17.6 Å². The highest BCUT2D eigenvalue weighted by Gasteiger charge is 2.35. The number of para-hydroxylation sites is 1. The van der Waals surface area contributed by atoms with E-state index in [1.165, 1.54) is 6.92 Å². The van der Waals surface area contributed by atoms with Gasteiger partial charge in [0.2, 0.25) is 5.91 Å². The second-order valence-electron chi connectivity index (χ2n) is 6.23. The SMILES string of the molecule is CC(=O)n1c2c(c3ccccc31)OC(=O)CC2c1cccc(C)c1. The number of carbonyl (C=O) groups is 2. The molecule has 2 aromatic carbocycles. The van der Waals surface area contributed by atoms with Gasteiger partial charge < -0.3 is 4.74 Å². The molecule has 120 valence electrons. The number of benzene rings is 2. The van der Waals surface area contributed by atoms with Crippen molar-refractivity contribution < 1.29 is 14.3 Å². The van der Waals surface area contributed by atoms with Gasteiger partial charge in [0.1, 0.15) is 0 Å². The van der Waals surface area contributed by atoms with Gasteiger partial charge in [-0.05, 0) is 24.6 Å². The number of aromatic nitrogens is 1. The van der Waals surface area contributed by atoms with Crippen LogP contribution in [-0.2, 0) is 4.79 Å². The van der Waals surface area contributed by atoms with Crippen LogP contribution in [0.2, 0.25) is 0 Å². The molecule has 1 aromatic heterocycles. The maximum atomic E-state index is 12.3. The van der Waals surface area contributed by atoms with Gasteiger partial charge in [-0.1, -0.05) is 42.0 Å². The third-order valence-electron chi connectivity index (χ3n) is 4.54. The number of fused-ring (bicyclic) bond motifs is 3. The molecule has 0 fully saturated rings. The quantitative estimate of drug-likeness (QED) is 0.636. The van der Waals surface area contributed by atoms with Crippen LogP contribution in [-0.4, -0.2) is 16.4 Å². The van der Waals surface area contributed by atoms with Crippen molar-refractivity contribution in [3.05, 3.63) is 65.4 Å². The standard InChI is InChI=1S/C20H17NO3/c1-12-6-5-7-14(10-12)16-11-18(23)24-20-15-8-3-4-9-17(15)21(13(2)22)19(16)20/h3-10,16H,11H2,1-2H3. The van der Waals surface area contributed by atoms with Gasteiger partial charge in [-0.2, -0.15) is 0 Å². The number of hydrogen-bond donors (Lipinski definition) is 0. The molecule has 3 aromatic rings. The smallest absolute Gasteiger partial charge is 0.312 e. The molecule has 0 radical (unpaired) electrons. The molecule has 1 atom stereocenters. The zero-order valence-electron chi connectivity index (χ0n) is 13.6. The predicted molar refractivity (Wildman–Crippen MR) is 91.5 cm³/mol. The Labute approximate surface area is 139 Å². The number of rotatable bonds is 1. The number of nitrogens with zero attached hydrogens (tertiary/aromatic N) is 1. The Balaban J connectivity index is 2.05. The molecular formula is C20H17NO3. The molecular weight excluding hydrogens is 302 g/mol. The summed E-state index contributed by atoms with van der Waals surface area (Å²) in [5.41, 5.74) is 3.70. The van der Waals surface area contributed by atoms with Crippen LogP contribution < -0.4 is 4.74 Å². The number of hydrogen-bond acceptors (Lipinski definition) is 3. The van der Waals surface area contributed by atoms with E-state index in [1.54, 1.807) is 4.57 Å². The molecule has 0 saturated carbocycles. The van der Waals surface area contributed by atoms with E-state index in [-0.39, 0.29) is 24.2 Å². The van der Waals surface area contributed by atoms with Crippen LogP contribution >= 0.6 is 0 Å². The lowest BCUT2D eigenvalue weighted by atomic mass is 9.89. The van der Waals surface area contributed by atoms with Crippen LogP contribution in [0.1, 0.15) is 40.9 Å². The van der Waals surface area contributed by atoms with Gasteiger partial charge in [0, 0.05) is 18.2 Å². The van der Waals surface area contributed by atoms with E-state index in [0.717, 1.165) is 27.7 Å². The summed E-state index contributed by atoms with van der Waals surface area (Å²) in [6, 6.07) is 15.6. The first-order valence-corrected chi connectivity index (χ1v) is 7.98. The van der Waals surface area contributed by atoms with E-state index in [1.807, 2.05) is 49.4 Å². The Morgan fingerprint density at radius 2 is 1.96 bits per heavy atom. The largest absolute Gasteiger partial charge is 0.424 e. The van der Waals surface area contributed by atoms with Crippen molar-refractivity contribution in [2.24, 2.45) is 0 Å². The van der Waals surface area contributed by atoms with Gasteiger partial charge in [0.25, 0.3) is 0 Å². The summed E-state index contributed by atoms with van der Waals surface area (Å²) in [5.74, 6) is -0.00970. The highest BCUT2D eigenvalue weighted by atomic mass is 16.5. The highest BCUT2D eigenvalue weighted by Crippen LogP contribution is 2.45. The van der Waals surface area contributed by atoms with Crippen molar-refractivity contribution in [1.82, 2.24) is 4.57 Å². The molecule has 1 unspecified atom stereocenters. The van der Waals surface area contributed by atoms with E-state index in [0.29, 0.717) is 5.75 Å². The van der Waals surface area contributed by atoms with E-state index in [9.17, 15) is 9.59 Å². The average molecular weight is 319 g/mol. The number of esters is 1. The Morgan fingerprint density at radius 1 is 1.17 bits per heavy atom. The summed E-state index contributed by atoms with van der Waals surface area (Å²) in [6.07, 6.45) is 0.236. The molecule has 0 amide bonds. The number of ether oxygens (including phenoxy) is 1. The van der Waals surface area contributed by atoms with Crippen LogP contribution in [0.15, 0.2) is 48.5 Å². The fourth-order valence-corrected chi connectivity index (χ4v) is 3.57. The molecule has 4 rings (SSSR count). The van der Waals surface area contributed by atoms with Crippen LogP contribution in [0.4, 0.5) is 0 Å². The van der Waals surface area contributed by atoms with Gasteiger partial charge in [-0.3, -0.25) is 14.2 Å². The number of carbonyl (C=O) groups excluding carboxylic acids is 2. The Kier molecular flexibility index (Phi) is 3.27. The molecule has 0 saturated heterocycles. The van der Waals surface area contributed by atoms with Crippen molar-refractivity contribution in [1.29, 1.82) is 0 Å². The molecule has 1 aliphatic rings. The average Bonchev–Trinajstić information content (AvgIpc) is 2.89. The Morgan fingerprint density at radius 3 is 2.71 bits per heavy atom. The molecule has 0 spiro atoms. The summed E-state index contributed by atoms with van der Waals surface area (Å²) < 4.78 is 7.23. The van der Waals surface area contributed by atoms with Gasteiger partial charge >= 0.3 is 5.97 Å². The number of aryl methyl sites for hydroxylation is 1. The summed E-state index contributed by atoms with van der Waals surface area (Å²) in [4.78, 5) is 24.5. The van der Waals surface area contributed by atoms with Crippen LogP contribution in [0.3, 0.4) is 0 Å². The zero-order valence-corrected chi connectivity index (χ0v) is 13.6. The topological polar surface area (TPSA) is 48.3 Å². The molecule has 1 aliphatic heterocycles. The van der Waals surface area contributed by atoms with E-state index in [2.05, 4.69) is 6.07 Å². The minimum Gasteiger partial charge on any atom is -0.424 e. The van der Waals surface area contributed by atoms with Crippen molar-refractivity contribution in [2.75, 3.05) is 0 Å². The summed E-state index contributed by atoms with van der Waals surface area (Å²) in [5, 5.41) is 0.799. The Hall–Kier alpha value is -2.88. The molecule has 4 heteroatoms.